The molecule has 2 aromatic rings. The van der Waals surface area contributed by atoms with Gasteiger partial charge in [-0.2, -0.15) is 0 Å². The van der Waals surface area contributed by atoms with Crippen molar-refractivity contribution < 1.29 is 12.8 Å². The zero-order valence-corrected chi connectivity index (χ0v) is 17.3. The molecule has 0 heterocycles. The lowest BCUT2D eigenvalue weighted by Gasteiger charge is -2.08. The smallest absolute Gasteiger partial charge is 0.193 e. The van der Waals surface area contributed by atoms with Gasteiger partial charge in [-0.3, -0.25) is 4.99 Å². The third-order valence-corrected chi connectivity index (χ3v) is 5.91. The van der Waals surface area contributed by atoms with Gasteiger partial charge in [-0.05, 0) is 54.7 Å². The van der Waals surface area contributed by atoms with Crippen LogP contribution in [0.4, 0.5) is 10.1 Å². The molecule has 26 heavy (non-hydrogen) atoms. The first-order chi connectivity index (χ1) is 12.0. The molecule has 0 saturated heterocycles. The molecule has 5 nitrogen and oxygen atoms in total. The fourth-order valence-electron chi connectivity index (χ4n) is 2.93. The molecule has 0 saturated carbocycles. The number of rotatable bonds is 5. The van der Waals surface area contributed by atoms with Crippen LogP contribution in [0.1, 0.15) is 17.5 Å². The number of nitrogens with zero attached hydrogens (tertiary/aromatic N) is 1. The van der Waals surface area contributed by atoms with Gasteiger partial charge in [0.25, 0.3) is 0 Å². The summed E-state index contributed by atoms with van der Waals surface area (Å²) in [6.45, 7) is -0.0412. The van der Waals surface area contributed by atoms with Gasteiger partial charge in [-0.25, -0.2) is 12.8 Å². The Morgan fingerprint density at radius 3 is 2.65 bits per heavy atom. The van der Waals surface area contributed by atoms with Crippen LogP contribution >= 0.6 is 24.0 Å². The van der Waals surface area contributed by atoms with Crippen LogP contribution in [0.15, 0.2) is 52.4 Å². The second kappa shape index (κ2) is 8.81. The molecule has 0 radical (unpaired) electrons. The molecule has 1 aliphatic rings. The van der Waals surface area contributed by atoms with E-state index >= 15 is 0 Å². The average Bonchev–Trinajstić information content (AvgIpc) is 3.02. The van der Waals surface area contributed by atoms with Crippen molar-refractivity contribution in [3.63, 3.8) is 0 Å². The summed E-state index contributed by atoms with van der Waals surface area (Å²) in [4.78, 5) is 3.73. The van der Waals surface area contributed by atoms with Gasteiger partial charge in [0.2, 0.25) is 0 Å². The number of hydrogen-bond donors (Lipinski definition) is 2. The summed E-state index contributed by atoms with van der Waals surface area (Å²) < 4.78 is 37.9. The van der Waals surface area contributed by atoms with Gasteiger partial charge in [0.05, 0.1) is 12.3 Å². The maximum atomic E-state index is 13.6. The number of nitrogens with two attached hydrogens (primary N) is 1. The van der Waals surface area contributed by atoms with Gasteiger partial charge < -0.3 is 11.1 Å². The highest BCUT2D eigenvalue weighted by molar-refractivity contribution is 14.0. The first-order valence-corrected chi connectivity index (χ1v) is 9.77. The lowest BCUT2D eigenvalue weighted by molar-refractivity contribution is 0.567. The zero-order chi connectivity index (χ0) is 17.9. The molecule has 0 unspecified atom stereocenters. The monoisotopic (exact) mass is 489 g/mol. The number of nitrogens with one attached hydrogen (secondary N) is 1. The first-order valence-electron chi connectivity index (χ1n) is 8.12. The summed E-state index contributed by atoms with van der Waals surface area (Å²) >= 11 is 0. The minimum absolute atomic E-state index is 0. The molecule has 0 amide bonds. The van der Waals surface area contributed by atoms with Crippen molar-refractivity contribution in [3.05, 3.63) is 59.4 Å². The van der Waals surface area contributed by atoms with E-state index in [0.29, 0.717) is 0 Å². The standard InChI is InChI=1S/C18H20FN3O2S.HI/c19-16-6-1-2-7-17(16)25(23,24)11-10-21-18(20)22-15-9-8-13-4-3-5-14(13)12-15;/h1-2,6-9,12H,3-5,10-11H2,(H3,20,21,22);1H. The first kappa shape index (κ1) is 20.6. The number of sulfone groups is 1. The summed E-state index contributed by atoms with van der Waals surface area (Å²) in [7, 11) is -3.73. The molecule has 0 spiro atoms. The number of fused-ring (bicyclic) bond motifs is 1. The third-order valence-electron chi connectivity index (χ3n) is 4.18. The van der Waals surface area contributed by atoms with Crippen molar-refractivity contribution in [1.82, 2.24) is 0 Å². The maximum absolute atomic E-state index is 13.6. The maximum Gasteiger partial charge on any atom is 0.193 e. The number of anilines is 1. The lowest BCUT2D eigenvalue weighted by Crippen LogP contribution is -2.24. The van der Waals surface area contributed by atoms with Crippen LogP contribution in [0, 0.1) is 5.82 Å². The molecule has 3 N–H and O–H groups in total. The van der Waals surface area contributed by atoms with E-state index in [0.717, 1.165) is 31.0 Å². The van der Waals surface area contributed by atoms with Crippen molar-refractivity contribution in [2.45, 2.75) is 24.2 Å². The number of guanidine groups is 1. The van der Waals surface area contributed by atoms with E-state index in [4.69, 9.17) is 5.73 Å². The Morgan fingerprint density at radius 1 is 1.15 bits per heavy atom. The summed E-state index contributed by atoms with van der Waals surface area (Å²) in [5.74, 6) is -0.919. The Kier molecular flexibility index (Phi) is 6.99. The van der Waals surface area contributed by atoms with Gasteiger partial charge in [0.15, 0.2) is 15.8 Å². The van der Waals surface area contributed by atoms with Crippen molar-refractivity contribution in [2.75, 3.05) is 17.6 Å². The topological polar surface area (TPSA) is 84.5 Å². The Bertz CT molecular complexity index is 916. The third kappa shape index (κ3) is 4.94. The molecule has 0 aromatic heterocycles. The molecule has 1 aliphatic carbocycles. The number of aryl methyl sites for hydroxylation is 2. The van der Waals surface area contributed by atoms with Gasteiger partial charge in [-0.15, -0.1) is 24.0 Å². The summed E-state index contributed by atoms with van der Waals surface area (Å²) in [5.41, 5.74) is 9.31. The normalized spacial score (nSPS) is 13.8. The van der Waals surface area contributed by atoms with Crippen molar-refractivity contribution in [1.29, 1.82) is 0 Å². The minimum atomic E-state index is -3.73. The minimum Gasteiger partial charge on any atom is -0.370 e. The Morgan fingerprint density at radius 2 is 1.88 bits per heavy atom. The van der Waals surface area contributed by atoms with Crippen molar-refractivity contribution >= 4 is 45.5 Å². The highest BCUT2D eigenvalue weighted by atomic mass is 127. The van der Waals surface area contributed by atoms with Crippen LogP contribution in [-0.2, 0) is 22.7 Å². The van der Waals surface area contributed by atoms with Crippen molar-refractivity contribution in [3.8, 4) is 0 Å². The summed E-state index contributed by atoms with van der Waals surface area (Å²) in [5, 5.41) is 2.97. The summed E-state index contributed by atoms with van der Waals surface area (Å²) in [6, 6.07) is 11.4. The number of hydrogen-bond acceptors (Lipinski definition) is 3. The molecule has 0 aliphatic heterocycles. The Labute approximate surface area is 169 Å². The number of benzene rings is 2. The Hall–Kier alpha value is -1.68. The Balaban J connectivity index is 0.00000243. The highest BCUT2D eigenvalue weighted by Gasteiger charge is 2.18. The zero-order valence-electron chi connectivity index (χ0n) is 14.1. The molecular formula is C18H21FIN3O2S. The second-order valence-electron chi connectivity index (χ2n) is 5.98. The van der Waals surface area contributed by atoms with Crippen LogP contribution in [0.2, 0.25) is 0 Å². The van der Waals surface area contributed by atoms with E-state index in [-0.39, 0.29) is 47.1 Å². The molecule has 140 valence electrons. The van der Waals surface area contributed by atoms with Gasteiger partial charge in [-0.1, -0.05) is 18.2 Å². The molecule has 0 atom stereocenters. The molecule has 2 aromatic carbocycles. The molecule has 8 heteroatoms. The number of aliphatic imine (C=N–C) groups is 1. The summed E-state index contributed by atoms with van der Waals surface area (Å²) in [6.07, 6.45) is 3.33. The predicted octanol–water partition coefficient (Wildman–Crippen LogP) is 3.13. The molecular weight excluding hydrogens is 468 g/mol. The van der Waals surface area contributed by atoms with Crippen LogP contribution in [0.25, 0.3) is 0 Å². The van der Waals surface area contributed by atoms with E-state index in [1.54, 1.807) is 0 Å². The van der Waals surface area contributed by atoms with Crippen LogP contribution in [0.5, 0.6) is 0 Å². The average molecular weight is 489 g/mol. The van der Waals surface area contributed by atoms with E-state index in [2.05, 4.69) is 16.4 Å². The predicted molar refractivity (Wildman–Crippen MR) is 112 cm³/mol. The SMILES string of the molecule is I.NC(=NCCS(=O)(=O)c1ccccc1F)Nc1ccc2c(c1)CCC2. The fourth-order valence-corrected chi connectivity index (χ4v) is 4.13. The van der Waals surface area contributed by atoms with Gasteiger partial charge in [0, 0.05) is 5.69 Å². The van der Waals surface area contributed by atoms with Crippen LogP contribution in [0.3, 0.4) is 0 Å². The largest absolute Gasteiger partial charge is 0.370 e. The van der Waals surface area contributed by atoms with Crippen LogP contribution in [-0.4, -0.2) is 26.7 Å². The fraction of sp³-hybridized carbons (Fsp3) is 0.278. The lowest BCUT2D eigenvalue weighted by atomic mass is 10.1. The molecule has 0 fully saturated rings. The van der Waals surface area contributed by atoms with E-state index < -0.39 is 15.7 Å². The highest BCUT2D eigenvalue weighted by Crippen LogP contribution is 2.24. The quantitative estimate of drug-likeness (QED) is 0.384. The van der Waals surface area contributed by atoms with Gasteiger partial charge >= 0.3 is 0 Å². The molecule has 3 rings (SSSR count). The van der Waals surface area contributed by atoms with Crippen LogP contribution < -0.4 is 11.1 Å². The van der Waals surface area contributed by atoms with E-state index in [9.17, 15) is 12.8 Å². The molecule has 0 bridgehead atoms. The van der Waals surface area contributed by atoms with E-state index in [1.807, 2.05) is 12.1 Å². The number of halogens is 2. The van der Waals surface area contributed by atoms with Gasteiger partial charge in [0.1, 0.15) is 10.7 Å². The van der Waals surface area contributed by atoms with Crippen molar-refractivity contribution in [2.24, 2.45) is 10.7 Å². The second-order valence-corrected chi connectivity index (χ2v) is 8.06. The van der Waals surface area contributed by atoms with E-state index in [1.165, 1.54) is 29.3 Å².